The van der Waals surface area contributed by atoms with Crippen LogP contribution in [0.5, 0.6) is 0 Å². The number of rotatable bonds is 9. The van der Waals surface area contributed by atoms with Gasteiger partial charge in [-0.15, -0.1) is 0 Å². The Balaban J connectivity index is 1.66. The van der Waals surface area contributed by atoms with Gasteiger partial charge in [0.25, 0.3) is 5.91 Å². The maximum atomic E-state index is 12.8. The number of benzene rings is 2. The molecular formula is C25H32N4O. The summed E-state index contributed by atoms with van der Waals surface area (Å²) < 4.78 is 0. The Labute approximate surface area is 179 Å². The molecule has 1 aromatic heterocycles. The fraction of sp³-hybridized carbons (Fsp3) is 0.360. The summed E-state index contributed by atoms with van der Waals surface area (Å²) in [5.41, 5.74) is 3.91. The molecule has 2 N–H and O–H groups in total. The average Bonchev–Trinajstić information content (AvgIpc) is 3.26. The van der Waals surface area contributed by atoms with Crippen molar-refractivity contribution in [3.8, 4) is 11.3 Å². The van der Waals surface area contributed by atoms with Gasteiger partial charge in [-0.2, -0.15) is 0 Å². The fourth-order valence-electron chi connectivity index (χ4n) is 3.54. The SMILES string of the molecule is CCC(NC(=O)c1ccc(CN(CC)C(C)C)cc1)c1ncc(-c2ccccc2)[nH]1. The smallest absolute Gasteiger partial charge is 0.251 e. The first kappa shape index (κ1) is 21.8. The lowest BCUT2D eigenvalue weighted by Gasteiger charge is -2.24. The van der Waals surface area contributed by atoms with Crippen molar-refractivity contribution >= 4 is 5.91 Å². The van der Waals surface area contributed by atoms with Gasteiger partial charge >= 0.3 is 0 Å². The van der Waals surface area contributed by atoms with Crippen molar-refractivity contribution in [2.45, 2.75) is 52.7 Å². The monoisotopic (exact) mass is 404 g/mol. The molecule has 1 atom stereocenters. The number of nitrogens with zero attached hydrogens (tertiary/aromatic N) is 2. The minimum absolute atomic E-state index is 0.0812. The van der Waals surface area contributed by atoms with Crippen LogP contribution in [0.1, 0.15) is 61.9 Å². The van der Waals surface area contributed by atoms with Crippen LogP contribution in [0, 0.1) is 0 Å². The van der Waals surface area contributed by atoms with Gasteiger partial charge in [0.2, 0.25) is 0 Å². The van der Waals surface area contributed by atoms with Crippen LogP contribution in [0.15, 0.2) is 60.8 Å². The Hall–Kier alpha value is -2.92. The standard InChI is InChI=1S/C25H32N4O/c1-5-22(24-26-16-23(27-24)20-10-8-7-9-11-20)28-25(30)21-14-12-19(13-15-21)17-29(6-2)18(3)4/h7-16,18,22H,5-6,17H2,1-4H3,(H,26,27)(H,28,30). The lowest BCUT2D eigenvalue weighted by Crippen LogP contribution is -2.30. The number of aromatic amines is 1. The predicted molar refractivity (Wildman–Crippen MR) is 122 cm³/mol. The molecule has 0 aliphatic carbocycles. The van der Waals surface area contributed by atoms with Gasteiger partial charge in [-0.3, -0.25) is 9.69 Å². The van der Waals surface area contributed by atoms with Crippen molar-refractivity contribution in [1.29, 1.82) is 0 Å². The number of imidazole rings is 1. The second kappa shape index (κ2) is 10.2. The number of carbonyl (C=O) groups is 1. The number of amides is 1. The molecule has 1 unspecified atom stereocenters. The zero-order chi connectivity index (χ0) is 21.5. The summed E-state index contributed by atoms with van der Waals surface area (Å²) >= 11 is 0. The third-order valence-electron chi connectivity index (χ3n) is 5.46. The van der Waals surface area contributed by atoms with Crippen LogP contribution in [-0.2, 0) is 6.54 Å². The minimum Gasteiger partial charge on any atom is -0.342 e. The molecule has 158 valence electrons. The van der Waals surface area contributed by atoms with E-state index >= 15 is 0 Å². The molecule has 0 radical (unpaired) electrons. The maximum absolute atomic E-state index is 12.8. The van der Waals surface area contributed by atoms with Crippen LogP contribution in [0.25, 0.3) is 11.3 Å². The van der Waals surface area contributed by atoms with E-state index in [-0.39, 0.29) is 11.9 Å². The Morgan fingerprint density at radius 3 is 2.37 bits per heavy atom. The van der Waals surface area contributed by atoms with Gasteiger partial charge in [0, 0.05) is 18.2 Å². The molecular weight excluding hydrogens is 372 g/mol. The highest BCUT2D eigenvalue weighted by Gasteiger charge is 2.17. The van der Waals surface area contributed by atoms with Crippen LogP contribution in [0.3, 0.4) is 0 Å². The number of nitrogens with one attached hydrogen (secondary N) is 2. The summed E-state index contributed by atoms with van der Waals surface area (Å²) in [5, 5.41) is 3.11. The molecule has 0 spiro atoms. The van der Waals surface area contributed by atoms with Crippen molar-refractivity contribution in [3.05, 3.63) is 77.7 Å². The van der Waals surface area contributed by atoms with Crippen LogP contribution in [0.4, 0.5) is 0 Å². The van der Waals surface area contributed by atoms with Gasteiger partial charge in [0.05, 0.1) is 17.9 Å². The Bertz CT molecular complexity index is 931. The maximum Gasteiger partial charge on any atom is 0.251 e. The molecule has 0 bridgehead atoms. The Morgan fingerprint density at radius 2 is 1.77 bits per heavy atom. The van der Waals surface area contributed by atoms with Crippen molar-refractivity contribution < 1.29 is 4.79 Å². The van der Waals surface area contributed by atoms with Crippen LogP contribution >= 0.6 is 0 Å². The number of carbonyl (C=O) groups excluding carboxylic acids is 1. The summed E-state index contributed by atoms with van der Waals surface area (Å²) in [6.45, 7) is 10.5. The molecule has 1 amide bonds. The average molecular weight is 405 g/mol. The highest BCUT2D eigenvalue weighted by atomic mass is 16.1. The zero-order valence-electron chi connectivity index (χ0n) is 18.4. The zero-order valence-corrected chi connectivity index (χ0v) is 18.4. The molecule has 0 saturated heterocycles. The van der Waals surface area contributed by atoms with Gasteiger partial charge in [0.15, 0.2) is 0 Å². The largest absolute Gasteiger partial charge is 0.342 e. The summed E-state index contributed by atoms with van der Waals surface area (Å²) in [6.07, 6.45) is 2.58. The summed E-state index contributed by atoms with van der Waals surface area (Å²) in [5.74, 6) is 0.694. The highest BCUT2D eigenvalue weighted by Crippen LogP contribution is 2.21. The molecule has 3 aromatic rings. The molecule has 0 fully saturated rings. The van der Waals surface area contributed by atoms with Gasteiger partial charge in [0.1, 0.15) is 5.82 Å². The predicted octanol–water partition coefficient (Wildman–Crippen LogP) is 5.19. The number of hydrogen-bond donors (Lipinski definition) is 2. The third-order valence-corrected chi connectivity index (χ3v) is 5.46. The van der Waals surface area contributed by atoms with Gasteiger partial charge in [-0.05, 0) is 50.1 Å². The second-order valence-corrected chi connectivity index (χ2v) is 7.84. The third kappa shape index (κ3) is 5.36. The van der Waals surface area contributed by atoms with E-state index in [1.807, 2.05) is 67.7 Å². The number of aromatic nitrogens is 2. The summed E-state index contributed by atoms with van der Waals surface area (Å²) in [4.78, 5) is 23.1. The summed E-state index contributed by atoms with van der Waals surface area (Å²) in [7, 11) is 0. The Morgan fingerprint density at radius 1 is 1.07 bits per heavy atom. The quantitative estimate of drug-likeness (QED) is 0.516. The highest BCUT2D eigenvalue weighted by molar-refractivity contribution is 5.94. The minimum atomic E-state index is -0.161. The molecule has 0 aliphatic heterocycles. The number of H-pyrrole nitrogens is 1. The molecule has 1 heterocycles. The molecule has 2 aromatic carbocycles. The molecule has 0 saturated carbocycles. The second-order valence-electron chi connectivity index (χ2n) is 7.84. The first-order valence-corrected chi connectivity index (χ1v) is 10.8. The van der Waals surface area contributed by atoms with E-state index in [2.05, 4.69) is 41.0 Å². The van der Waals surface area contributed by atoms with E-state index < -0.39 is 0 Å². The molecule has 3 rings (SSSR count). The molecule has 30 heavy (non-hydrogen) atoms. The van der Waals surface area contributed by atoms with Crippen molar-refractivity contribution in [1.82, 2.24) is 20.2 Å². The lowest BCUT2D eigenvalue weighted by molar-refractivity contribution is 0.0934. The number of hydrogen-bond acceptors (Lipinski definition) is 3. The first-order chi connectivity index (χ1) is 14.5. The van der Waals surface area contributed by atoms with Crippen molar-refractivity contribution in [3.63, 3.8) is 0 Å². The fourth-order valence-corrected chi connectivity index (χ4v) is 3.54. The first-order valence-electron chi connectivity index (χ1n) is 10.8. The molecule has 5 nitrogen and oxygen atoms in total. The Kier molecular flexibility index (Phi) is 7.41. The van der Waals surface area contributed by atoms with E-state index in [1.165, 1.54) is 5.56 Å². The van der Waals surface area contributed by atoms with Gasteiger partial charge < -0.3 is 10.3 Å². The lowest BCUT2D eigenvalue weighted by atomic mass is 10.1. The van der Waals surface area contributed by atoms with E-state index in [9.17, 15) is 4.79 Å². The van der Waals surface area contributed by atoms with E-state index in [0.717, 1.165) is 36.6 Å². The van der Waals surface area contributed by atoms with Crippen LogP contribution < -0.4 is 5.32 Å². The summed E-state index contributed by atoms with van der Waals surface area (Å²) in [6, 6.07) is 18.3. The van der Waals surface area contributed by atoms with Crippen LogP contribution in [0.2, 0.25) is 0 Å². The normalized spacial score (nSPS) is 12.3. The van der Waals surface area contributed by atoms with Crippen molar-refractivity contribution in [2.75, 3.05) is 6.54 Å². The van der Waals surface area contributed by atoms with Crippen molar-refractivity contribution in [2.24, 2.45) is 0 Å². The van der Waals surface area contributed by atoms with E-state index in [4.69, 9.17) is 0 Å². The van der Waals surface area contributed by atoms with E-state index in [1.54, 1.807) is 0 Å². The van der Waals surface area contributed by atoms with E-state index in [0.29, 0.717) is 11.6 Å². The van der Waals surface area contributed by atoms with Crippen LogP contribution in [-0.4, -0.2) is 33.4 Å². The van der Waals surface area contributed by atoms with Gasteiger partial charge in [-0.1, -0.05) is 56.3 Å². The molecule has 0 aliphatic rings. The molecule has 5 heteroatoms. The topological polar surface area (TPSA) is 61.0 Å². The van der Waals surface area contributed by atoms with Gasteiger partial charge in [-0.25, -0.2) is 4.98 Å².